The minimum absolute atomic E-state index is 0.0528. The van der Waals surface area contributed by atoms with E-state index < -0.39 is 0 Å². The molecule has 1 aromatic heterocycles. The van der Waals surface area contributed by atoms with Crippen LogP contribution in [0.2, 0.25) is 0 Å². The van der Waals surface area contributed by atoms with Gasteiger partial charge in [0, 0.05) is 49.5 Å². The van der Waals surface area contributed by atoms with E-state index in [1.807, 2.05) is 42.6 Å². The van der Waals surface area contributed by atoms with Crippen LogP contribution in [0.4, 0.5) is 0 Å². The molecule has 1 heterocycles. The van der Waals surface area contributed by atoms with E-state index in [-0.39, 0.29) is 24.2 Å². The number of amides is 2. The van der Waals surface area contributed by atoms with Gasteiger partial charge in [-0.25, -0.2) is 0 Å². The first-order chi connectivity index (χ1) is 12.6. The molecule has 0 saturated heterocycles. The lowest BCUT2D eigenvalue weighted by Gasteiger charge is -2.18. The smallest absolute Gasteiger partial charge is 0.221 e. The number of para-hydroxylation sites is 1. The van der Waals surface area contributed by atoms with Crippen LogP contribution in [0.25, 0.3) is 10.9 Å². The van der Waals surface area contributed by atoms with E-state index in [1.165, 1.54) is 6.92 Å². The van der Waals surface area contributed by atoms with Crippen LogP contribution in [0.15, 0.2) is 60.8 Å². The topological polar surface area (TPSA) is 74.0 Å². The Hall–Kier alpha value is -3.08. The number of carbonyl (C=O) groups excluding carboxylic acids is 2. The van der Waals surface area contributed by atoms with Gasteiger partial charge in [0.2, 0.25) is 11.8 Å². The van der Waals surface area contributed by atoms with Crippen LogP contribution in [-0.2, 0) is 9.59 Å². The largest absolute Gasteiger partial charge is 0.361 e. The molecule has 0 spiro atoms. The fourth-order valence-electron chi connectivity index (χ4n) is 3.13. The van der Waals surface area contributed by atoms with Crippen LogP contribution in [0.3, 0.4) is 0 Å². The summed E-state index contributed by atoms with van der Waals surface area (Å²) in [6.45, 7) is 2.30. The standard InChI is InChI=1S/C21H23N3O2/c1-15(25)22-12-11-21(26)24-13-18(16-7-3-2-4-8-16)19-14-23-20-10-6-5-9-17(19)20/h2-10,14,18,23H,11-13H2,1H3,(H,22,25)(H,24,26). The minimum Gasteiger partial charge on any atom is -0.361 e. The summed E-state index contributed by atoms with van der Waals surface area (Å²) >= 11 is 0. The van der Waals surface area contributed by atoms with Crippen molar-refractivity contribution in [2.75, 3.05) is 13.1 Å². The molecule has 0 fully saturated rings. The van der Waals surface area contributed by atoms with Gasteiger partial charge in [0.05, 0.1) is 0 Å². The van der Waals surface area contributed by atoms with E-state index in [9.17, 15) is 9.59 Å². The van der Waals surface area contributed by atoms with Crippen molar-refractivity contribution in [1.29, 1.82) is 0 Å². The number of H-pyrrole nitrogens is 1. The van der Waals surface area contributed by atoms with E-state index in [2.05, 4.69) is 33.8 Å². The second-order valence-corrected chi connectivity index (χ2v) is 6.29. The minimum atomic E-state index is -0.126. The Kier molecular flexibility index (Phi) is 5.69. The molecule has 1 unspecified atom stereocenters. The number of aromatic nitrogens is 1. The second-order valence-electron chi connectivity index (χ2n) is 6.29. The molecule has 2 aromatic carbocycles. The molecule has 0 aliphatic rings. The van der Waals surface area contributed by atoms with Gasteiger partial charge < -0.3 is 15.6 Å². The molecule has 5 nitrogen and oxygen atoms in total. The first kappa shape index (κ1) is 17.7. The third-order valence-electron chi connectivity index (χ3n) is 4.43. The van der Waals surface area contributed by atoms with Crippen molar-refractivity contribution in [3.63, 3.8) is 0 Å². The highest BCUT2D eigenvalue weighted by molar-refractivity contribution is 5.84. The molecule has 3 aromatic rings. The van der Waals surface area contributed by atoms with Crippen LogP contribution in [-0.4, -0.2) is 29.9 Å². The normalized spacial score (nSPS) is 11.9. The maximum Gasteiger partial charge on any atom is 0.221 e. The fourth-order valence-corrected chi connectivity index (χ4v) is 3.13. The molecule has 0 saturated carbocycles. The van der Waals surface area contributed by atoms with Gasteiger partial charge in [-0.05, 0) is 17.2 Å². The molecule has 3 N–H and O–H groups in total. The summed E-state index contributed by atoms with van der Waals surface area (Å²) in [5.41, 5.74) is 3.40. The first-order valence-electron chi connectivity index (χ1n) is 8.77. The van der Waals surface area contributed by atoms with Crippen molar-refractivity contribution in [3.8, 4) is 0 Å². The lowest BCUT2D eigenvalue weighted by atomic mass is 9.91. The summed E-state index contributed by atoms with van der Waals surface area (Å²) in [6, 6.07) is 18.3. The Morgan fingerprint density at radius 3 is 2.50 bits per heavy atom. The molecule has 5 heteroatoms. The van der Waals surface area contributed by atoms with Crippen molar-refractivity contribution >= 4 is 22.7 Å². The molecule has 26 heavy (non-hydrogen) atoms. The number of benzene rings is 2. The van der Waals surface area contributed by atoms with Crippen LogP contribution in [0.1, 0.15) is 30.4 Å². The van der Waals surface area contributed by atoms with Gasteiger partial charge in [-0.2, -0.15) is 0 Å². The zero-order valence-electron chi connectivity index (χ0n) is 14.8. The van der Waals surface area contributed by atoms with Gasteiger partial charge in [-0.3, -0.25) is 9.59 Å². The molecule has 3 rings (SSSR count). The van der Waals surface area contributed by atoms with E-state index >= 15 is 0 Å². The summed E-state index contributed by atoms with van der Waals surface area (Å²) in [5, 5.41) is 6.81. The van der Waals surface area contributed by atoms with Crippen molar-refractivity contribution < 1.29 is 9.59 Å². The number of carbonyl (C=O) groups is 2. The third kappa shape index (κ3) is 4.30. The van der Waals surface area contributed by atoms with Gasteiger partial charge in [0.1, 0.15) is 0 Å². The molecule has 1 atom stereocenters. The Labute approximate surface area is 152 Å². The highest BCUT2D eigenvalue weighted by Crippen LogP contribution is 2.30. The SMILES string of the molecule is CC(=O)NCCC(=O)NCC(c1ccccc1)c1c[nH]c2ccccc12. The number of aromatic amines is 1. The van der Waals surface area contributed by atoms with Gasteiger partial charge in [0.15, 0.2) is 0 Å². The van der Waals surface area contributed by atoms with Crippen LogP contribution in [0, 0.1) is 0 Å². The lowest BCUT2D eigenvalue weighted by Crippen LogP contribution is -2.32. The van der Waals surface area contributed by atoms with E-state index in [0.29, 0.717) is 13.1 Å². The maximum absolute atomic E-state index is 12.1. The number of fused-ring (bicyclic) bond motifs is 1. The van der Waals surface area contributed by atoms with Gasteiger partial charge >= 0.3 is 0 Å². The van der Waals surface area contributed by atoms with Crippen molar-refractivity contribution in [3.05, 3.63) is 71.9 Å². The average Bonchev–Trinajstić information content (AvgIpc) is 3.07. The van der Waals surface area contributed by atoms with Gasteiger partial charge in [-0.1, -0.05) is 48.5 Å². The van der Waals surface area contributed by atoms with Crippen molar-refractivity contribution in [2.45, 2.75) is 19.3 Å². The fraction of sp³-hybridized carbons (Fsp3) is 0.238. The molecular formula is C21H23N3O2. The molecular weight excluding hydrogens is 326 g/mol. The van der Waals surface area contributed by atoms with Crippen molar-refractivity contribution in [1.82, 2.24) is 15.6 Å². The summed E-state index contributed by atoms with van der Waals surface area (Å²) in [4.78, 5) is 26.3. The lowest BCUT2D eigenvalue weighted by molar-refractivity contribution is -0.121. The molecule has 0 bridgehead atoms. The van der Waals surface area contributed by atoms with E-state index in [1.54, 1.807) is 0 Å². The van der Waals surface area contributed by atoms with Crippen LogP contribution >= 0.6 is 0 Å². The zero-order valence-corrected chi connectivity index (χ0v) is 14.8. The first-order valence-corrected chi connectivity index (χ1v) is 8.77. The molecule has 0 radical (unpaired) electrons. The van der Waals surface area contributed by atoms with Crippen LogP contribution in [0.5, 0.6) is 0 Å². The second kappa shape index (κ2) is 8.34. The summed E-state index contributed by atoms with van der Waals surface area (Å²) in [6.07, 6.45) is 2.29. The maximum atomic E-state index is 12.1. The number of hydrogen-bond acceptors (Lipinski definition) is 2. The zero-order chi connectivity index (χ0) is 18.4. The third-order valence-corrected chi connectivity index (χ3v) is 4.43. The van der Waals surface area contributed by atoms with Gasteiger partial charge in [0.25, 0.3) is 0 Å². The summed E-state index contributed by atoms with van der Waals surface area (Å²) < 4.78 is 0. The highest BCUT2D eigenvalue weighted by atomic mass is 16.2. The van der Waals surface area contributed by atoms with E-state index in [0.717, 1.165) is 22.0 Å². The quantitative estimate of drug-likeness (QED) is 0.613. The number of hydrogen-bond donors (Lipinski definition) is 3. The predicted molar refractivity (Wildman–Crippen MR) is 103 cm³/mol. The number of rotatable bonds is 7. The monoisotopic (exact) mass is 349 g/mol. The Bertz CT molecular complexity index is 886. The van der Waals surface area contributed by atoms with Crippen LogP contribution < -0.4 is 10.6 Å². The summed E-state index contributed by atoms with van der Waals surface area (Å²) in [5.74, 6) is -0.143. The van der Waals surface area contributed by atoms with Gasteiger partial charge in [-0.15, -0.1) is 0 Å². The number of nitrogens with one attached hydrogen (secondary N) is 3. The van der Waals surface area contributed by atoms with E-state index in [4.69, 9.17) is 0 Å². The highest BCUT2D eigenvalue weighted by Gasteiger charge is 2.18. The summed E-state index contributed by atoms with van der Waals surface area (Å²) in [7, 11) is 0. The molecule has 0 aliphatic heterocycles. The molecule has 2 amide bonds. The van der Waals surface area contributed by atoms with Crippen molar-refractivity contribution in [2.24, 2.45) is 0 Å². The predicted octanol–water partition coefficient (Wildman–Crippen LogP) is 2.94. The Morgan fingerprint density at radius 1 is 1.00 bits per heavy atom. The Morgan fingerprint density at radius 2 is 1.73 bits per heavy atom. The molecule has 134 valence electrons. The average molecular weight is 349 g/mol. The molecule has 0 aliphatic carbocycles. The Balaban J connectivity index is 1.77.